The number of carbonyl (C=O) groups is 3. The lowest BCUT2D eigenvalue weighted by Crippen LogP contribution is -2.61. The minimum atomic E-state index is -1.22. The molecule has 1 aliphatic rings. The summed E-state index contributed by atoms with van der Waals surface area (Å²) in [4.78, 5) is 38.9. The molecule has 0 unspecified atom stereocenters. The van der Waals surface area contributed by atoms with Gasteiger partial charge in [-0.2, -0.15) is 0 Å². The summed E-state index contributed by atoms with van der Waals surface area (Å²) in [5, 5.41) is 0. The van der Waals surface area contributed by atoms with E-state index in [1.807, 2.05) is 0 Å². The third-order valence-corrected chi connectivity index (χ3v) is 5.72. The molecule has 0 aromatic heterocycles. The van der Waals surface area contributed by atoms with Crippen molar-refractivity contribution in [1.29, 1.82) is 0 Å². The maximum Gasteiger partial charge on any atom is 0.338 e. The highest BCUT2D eigenvalue weighted by Crippen LogP contribution is 2.30. The van der Waals surface area contributed by atoms with Crippen molar-refractivity contribution in [3.8, 4) is 0 Å². The Kier molecular flexibility index (Phi) is 8.10. The van der Waals surface area contributed by atoms with E-state index in [9.17, 15) is 14.4 Å². The van der Waals surface area contributed by atoms with E-state index < -0.39 is 48.6 Å². The van der Waals surface area contributed by atoms with E-state index in [-0.39, 0.29) is 11.1 Å². The highest BCUT2D eigenvalue weighted by Gasteiger charge is 2.51. The number of hydrogen-bond acceptors (Lipinski definition) is 8. The molecule has 0 amide bonds. The lowest BCUT2D eigenvalue weighted by atomic mass is 9.98. The first-order valence-electron chi connectivity index (χ1n) is 11.4. The molecule has 0 radical (unpaired) electrons. The van der Waals surface area contributed by atoms with E-state index in [0.29, 0.717) is 5.56 Å². The monoisotopic (exact) mass is 490 g/mol. The van der Waals surface area contributed by atoms with E-state index in [2.05, 4.69) is 0 Å². The van der Waals surface area contributed by atoms with Crippen LogP contribution in [0, 0.1) is 0 Å². The summed E-state index contributed by atoms with van der Waals surface area (Å²) in [5.74, 6) is -1.98. The molecule has 4 rings (SSSR count). The minimum Gasteiger partial charge on any atom is -0.452 e. The van der Waals surface area contributed by atoms with Crippen molar-refractivity contribution in [2.45, 2.75) is 37.6 Å². The fourth-order valence-corrected chi connectivity index (χ4v) is 3.88. The molecule has 8 nitrogen and oxygen atoms in total. The Hall–Kier alpha value is -4.01. The van der Waals surface area contributed by atoms with E-state index in [4.69, 9.17) is 23.7 Å². The molecule has 0 spiro atoms. The minimum absolute atomic E-state index is 0.284. The molecule has 186 valence electrons. The number of hydrogen-bond donors (Lipinski definition) is 0. The molecule has 1 saturated heterocycles. The van der Waals surface area contributed by atoms with Gasteiger partial charge in [0.15, 0.2) is 24.6 Å². The van der Waals surface area contributed by atoms with Crippen LogP contribution in [0.25, 0.3) is 0 Å². The molecule has 1 heterocycles. The molecule has 0 N–H and O–H groups in total. The summed E-state index contributed by atoms with van der Waals surface area (Å²) >= 11 is 0. The Morgan fingerprint density at radius 2 is 0.944 bits per heavy atom. The molecule has 3 aromatic carbocycles. The van der Waals surface area contributed by atoms with Crippen LogP contribution in [0.5, 0.6) is 0 Å². The highest BCUT2D eigenvalue weighted by molar-refractivity contribution is 5.91. The van der Waals surface area contributed by atoms with Gasteiger partial charge in [-0.3, -0.25) is 0 Å². The molecule has 1 fully saturated rings. The topological polar surface area (TPSA) is 97.4 Å². The van der Waals surface area contributed by atoms with Crippen LogP contribution >= 0.6 is 0 Å². The van der Waals surface area contributed by atoms with Crippen molar-refractivity contribution in [2.75, 3.05) is 7.11 Å². The third-order valence-electron chi connectivity index (χ3n) is 5.72. The Balaban J connectivity index is 1.66. The molecular formula is C28H26O8. The van der Waals surface area contributed by atoms with Gasteiger partial charge in [-0.1, -0.05) is 54.6 Å². The van der Waals surface area contributed by atoms with Gasteiger partial charge >= 0.3 is 17.9 Å². The van der Waals surface area contributed by atoms with Crippen LogP contribution in [0.2, 0.25) is 0 Å². The van der Waals surface area contributed by atoms with Crippen LogP contribution in [0.3, 0.4) is 0 Å². The van der Waals surface area contributed by atoms with Crippen molar-refractivity contribution in [3.63, 3.8) is 0 Å². The van der Waals surface area contributed by atoms with Gasteiger partial charge in [0.05, 0.1) is 22.8 Å². The molecule has 1 aliphatic heterocycles. The first kappa shape index (κ1) is 25.1. The maximum atomic E-state index is 13.0. The zero-order valence-electron chi connectivity index (χ0n) is 19.8. The lowest BCUT2D eigenvalue weighted by molar-refractivity contribution is -0.283. The van der Waals surface area contributed by atoms with Crippen LogP contribution in [0.1, 0.15) is 38.0 Å². The Morgan fingerprint density at radius 1 is 0.583 bits per heavy atom. The normalized spacial score (nSPS) is 23.3. The first-order chi connectivity index (χ1) is 17.5. The summed E-state index contributed by atoms with van der Waals surface area (Å²) in [6.07, 6.45) is -5.35. The predicted molar refractivity (Wildman–Crippen MR) is 128 cm³/mol. The van der Waals surface area contributed by atoms with E-state index in [1.165, 1.54) is 7.11 Å². The van der Waals surface area contributed by atoms with Crippen molar-refractivity contribution in [3.05, 3.63) is 108 Å². The number of benzene rings is 3. The molecule has 0 bridgehead atoms. The van der Waals surface area contributed by atoms with Gasteiger partial charge in [0.2, 0.25) is 0 Å². The first-order valence-corrected chi connectivity index (χ1v) is 11.4. The van der Waals surface area contributed by atoms with E-state index in [0.717, 1.165) is 0 Å². The fourth-order valence-electron chi connectivity index (χ4n) is 3.88. The number of carbonyl (C=O) groups excluding carboxylic acids is 3. The van der Waals surface area contributed by atoms with Gasteiger partial charge in [-0.05, 0) is 43.3 Å². The van der Waals surface area contributed by atoms with E-state index >= 15 is 0 Å². The van der Waals surface area contributed by atoms with Gasteiger partial charge in [0, 0.05) is 7.11 Å². The lowest BCUT2D eigenvalue weighted by Gasteiger charge is -2.43. The van der Waals surface area contributed by atoms with Crippen LogP contribution in [0.15, 0.2) is 91.0 Å². The van der Waals surface area contributed by atoms with Gasteiger partial charge in [0.25, 0.3) is 0 Å². The summed E-state index contributed by atoms with van der Waals surface area (Å²) in [6, 6.07) is 25.1. The predicted octanol–water partition coefficient (Wildman–Crippen LogP) is 4.05. The van der Waals surface area contributed by atoms with Gasteiger partial charge < -0.3 is 23.7 Å². The van der Waals surface area contributed by atoms with Crippen molar-refractivity contribution in [2.24, 2.45) is 0 Å². The van der Waals surface area contributed by atoms with Crippen LogP contribution < -0.4 is 0 Å². The Bertz CT molecular complexity index is 1170. The average molecular weight is 491 g/mol. The smallest absolute Gasteiger partial charge is 0.338 e. The third kappa shape index (κ3) is 5.79. The maximum absolute atomic E-state index is 13.0. The molecule has 0 aliphatic carbocycles. The second kappa shape index (κ2) is 11.6. The second-order valence-electron chi connectivity index (χ2n) is 8.15. The van der Waals surface area contributed by atoms with Gasteiger partial charge in [-0.25, -0.2) is 14.4 Å². The Morgan fingerprint density at radius 3 is 1.33 bits per heavy atom. The van der Waals surface area contributed by atoms with Crippen LogP contribution in [-0.2, 0) is 23.7 Å². The second-order valence-corrected chi connectivity index (χ2v) is 8.15. The van der Waals surface area contributed by atoms with Crippen LogP contribution in [0.4, 0.5) is 0 Å². The zero-order valence-corrected chi connectivity index (χ0v) is 19.8. The Labute approximate surface area is 208 Å². The SMILES string of the molecule is CO[C@H]1O[C@H](C)[C@@H](OC(=O)c2ccccc2)[C@H](OC(=O)c2ccccc2)[C@H]1OC(=O)c1ccccc1. The number of esters is 3. The largest absolute Gasteiger partial charge is 0.452 e. The standard InChI is InChI=1S/C28H26O8/c1-18-22(34-25(29)19-12-6-3-7-13-19)23(35-26(30)20-14-8-4-9-15-20)24(28(32-2)33-18)36-27(31)21-16-10-5-11-17-21/h3-18,22-24,28H,1-2H3/t18-,22-,23+,24-,28+/m1/s1. The van der Waals surface area contributed by atoms with Gasteiger partial charge in [0.1, 0.15) is 0 Å². The molecule has 3 aromatic rings. The quantitative estimate of drug-likeness (QED) is 0.361. The fraction of sp³-hybridized carbons (Fsp3) is 0.250. The zero-order chi connectivity index (χ0) is 25.5. The van der Waals surface area contributed by atoms with Crippen LogP contribution in [-0.4, -0.2) is 55.7 Å². The highest BCUT2D eigenvalue weighted by atomic mass is 16.7. The number of methoxy groups -OCH3 is 1. The summed E-state index contributed by atoms with van der Waals surface area (Å²) in [5.41, 5.74) is 0.883. The molecular weight excluding hydrogens is 464 g/mol. The molecule has 36 heavy (non-hydrogen) atoms. The molecule has 0 saturated carbocycles. The van der Waals surface area contributed by atoms with E-state index in [1.54, 1.807) is 97.9 Å². The molecule has 5 atom stereocenters. The summed E-state index contributed by atoms with van der Waals surface area (Å²) in [7, 11) is 1.38. The average Bonchev–Trinajstić information content (AvgIpc) is 2.93. The van der Waals surface area contributed by atoms with Crippen molar-refractivity contribution < 1.29 is 38.1 Å². The van der Waals surface area contributed by atoms with Gasteiger partial charge in [-0.15, -0.1) is 0 Å². The number of rotatable bonds is 7. The molecule has 8 heteroatoms. The number of ether oxygens (including phenoxy) is 5. The summed E-state index contributed by atoms with van der Waals surface area (Å²) in [6.45, 7) is 1.66. The summed E-state index contributed by atoms with van der Waals surface area (Å²) < 4.78 is 28.6. The van der Waals surface area contributed by atoms with Crippen molar-refractivity contribution in [1.82, 2.24) is 0 Å². The van der Waals surface area contributed by atoms with Crippen molar-refractivity contribution >= 4 is 17.9 Å².